The van der Waals surface area contributed by atoms with Gasteiger partial charge in [-0.05, 0) is 49.5 Å². The zero-order chi connectivity index (χ0) is 20.7. The Morgan fingerprint density at radius 2 is 1.90 bits per heavy atom. The Kier molecular flexibility index (Phi) is 5.50. The largest absolute Gasteiger partial charge is 0.496 e. The van der Waals surface area contributed by atoms with Gasteiger partial charge in [0, 0.05) is 44.8 Å². The number of methoxy groups -OCH3 is 1. The second-order valence-corrected chi connectivity index (χ2v) is 9.33. The molecule has 1 aromatic rings. The monoisotopic (exact) mass is 416 g/mol. The van der Waals surface area contributed by atoms with E-state index in [2.05, 4.69) is 10.2 Å². The maximum Gasteiger partial charge on any atom is 0.231 e. The van der Waals surface area contributed by atoms with Crippen LogP contribution in [-0.2, 0) is 16.1 Å². The van der Waals surface area contributed by atoms with Crippen LogP contribution in [0.1, 0.15) is 38.2 Å². The molecule has 0 radical (unpaired) electrons. The third-order valence-electron chi connectivity index (χ3n) is 6.99. The molecule has 3 fully saturated rings. The molecule has 30 heavy (non-hydrogen) atoms. The molecule has 1 N–H and O–H groups in total. The van der Waals surface area contributed by atoms with Gasteiger partial charge in [0.2, 0.25) is 12.7 Å². The van der Waals surface area contributed by atoms with Crippen LogP contribution in [0.25, 0.3) is 0 Å². The Labute approximate surface area is 178 Å². The van der Waals surface area contributed by atoms with Gasteiger partial charge in [-0.2, -0.15) is 0 Å². The minimum absolute atomic E-state index is 0.0402. The molecule has 0 unspecified atom stereocenters. The molecule has 1 amide bonds. The Balaban J connectivity index is 1.25. The van der Waals surface area contributed by atoms with E-state index in [4.69, 9.17) is 18.9 Å². The quantitative estimate of drug-likeness (QED) is 0.737. The van der Waals surface area contributed by atoms with Crippen LogP contribution in [0, 0.1) is 17.8 Å². The van der Waals surface area contributed by atoms with Crippen molar-refractivity contribution in [1.82, 2.24) is 10.2 Å². The fraction of sp³-hybridized carbons (Fsp3) is 0.696. The van der Waals surface area contributed by atoms with Crippen molar-refractivity contribution >= 4 is 5.91 Å². The summed E-state index contributed by atoms with van der Waals surface area (Å²) >= 11 is 0. The number of carbonyl (C=O) groups is 1. The van der Waals surface area contributed by atoms with Crippen molar-refractivity contribution in [3.8, 4) is 17.2 Å². The van der Waals surface area contributed by atoms with Crippen molar-refractivity contribution in [2.75, 3.05) is 33.6 Å². The van der Waals surface area contributed by atoms with Crippen LogP contribution in [0.2, 0.25) is 0 Å². The first-order valence-corrected chi connectivity index (χ1v) is 11.2. The summed E-state index contributed by atoms with van der Waals surface area (Å²) < 4.78 is 22.9. The summed E-state index contributed by atoms with van der Waals surface area (Å²) in [6.07, 6.45) is 4.73. The summed E-state index contributed by atoms with van der Waals surface area (Å²) in [5, 5.41) is 3.17. The van der Waals surface area contributed by atoms with Gasteiger partial charge in [-0.15, -0.1) is 0 Å². The van der Waals surface area contributed by atoms with E-state index in [1.165, 1.54) is 12.8 Å². The lowest BCUT2D eigenvalue weighted by molar-refractivity contribution is -0.122. The summed E-state index contributed by atoms with van der Waals surface area (Å²) in [6.45, 7) is 5.63. The van der Waals surface area contributed by atoms with Gasteiger partial charge in [0.25, 0.3) is 0 Å². The lowest BCUT2D eigenvalue weighted by atomic mass is 9.77. The van der Waals surface area contributed by atoms with Crippen LogP contribution in [0.15, 0.2) is 12.1 Å². The summed E-state index contributed by atoms with van der Waals surface area (Å²) in [7, 11) is 1.70. The molecule has 2 aliphatic carbocycles. The van der Waals surface area contributed by atoms with Gasteiger partial charge in [0.15, 0.2) is 11.5 Å². The van der Waals surface area contributed by atoms with E-state index in [1.54, 1.807) is 14.0 Å². The number of nitrogens with one attached hydrogen (secondary N) is 1. The van der Waals surface area contributed by atoms with Gasteiger partial charge < -0.3 is 24.3 Å². The van der Waals surface area contributed by atoms with Crippen molar-refractivity contribution in [1.29, 1.82) is 0 Å². The number of rotatable bonds is 7. The molecule has 2 heterocycles. The van der Waals surface area contributed by atoms with Gasteiger partial charge in [0.1, 0.15) is 5.75 Å². The highest BCUT2D eigenvalue weighted by Gasteiger charge is 2.43. The van der Waals surface area contributed by atoms with Crippen LogP contribution in [-0.4, -0.2) is 56.6 Å². The van der Waals surface area contributed by atoms with Crippen molar-refractivity contribution in [2.45, 2.75) is 51.3 Å². The molecule has 0 spiro atoms. The Bertz CT molecular complexity index is 796. The van der Waals surface area contributed by atoms with E-state index >= 15 is 0 Å². The van der Waals surface area contributed by atoms with Gasteiger partial charge in [-0.3, -0.25) is 9.69 Å². The van der Waals surface area contributed by atoms with E-state index in [-0.39, 0.29) is 24.8 Å². The smallest absolute Gasteiger partial charge is 0.231 e. The highest BCUT2D eigenvalue weighted by Crippen LogP contribution is 2.42. The van der Waals surface area contributed by atoms with Gasteiger partial charge in [0.05, 0.1) is 19.3 Å². The van der Waals surface area contributed by atoms with Crippen molar-refractivity contribution in [2.24, 2.45) is 17.8 Å². The second-order valence-electron chi connectivity index (χ2n) is 9.33. The lowest BCUT2D eigenvalue weighted by Gasteiger charge is -2.38. The predicted octanol–water partition coefficient (Wildman–Crippen LogP) is 2.57. The predicted molar refractivity (Wildman–Crippen MR) is 111 cm³/mol. The molecule has 2 aliphatic heterocycles. The normalized spacial score (nSPS) is 30.2. The fourth-order valence-electron chi connectivity index (χ4n) is 5.30. The van der Waals surface area contributed by atoms with Crippen LogP contribution >= 0.6 is 0 Å². The molecule has 4 aliphatic rings. The summed E-state index contributed by atoms with van der Waals surface area (Å²) in [4.78, 5) is 14.3. The van der Waals surface area contributed by atoms with Gasteiger partial charge >= 0.3 is 0 Å². The number of ether oxygens (including phenoxy) is 4. The number of hydrogen-bond acceptors (Lipinski definition) is 6. The van der Waals surface area contributed by atoms with E-state index in [1.807, 2.05) is 12.1 Å². The van der Waals surface area contributed by atoms with Crippen LogP contribution < -0.4 is 19.5 Å². The molecule has 164 valence electrons. The van der Waals surface area contributed by atoms with Crippen molar-refractivity contribution < 1.29 is 23.7 Å². The molecule has 0 bridgehead atoms. The average Bonchev–Trinajstić information content (AvgIpc) is 3.29. The minimum Gasteiger partial charge on any atom is -0.496 e. The average molecular weight is 417 g/mol. The van der Waals surface area contributed by atoms with Crippen LogP contribution in [0.5, 0.6) is 17.2 Å². The summed E-state index contributed by atoms with van der Waals surface area (Å²) in [6, 6.07) is 4.10. The number of nitrogens with zero attached hydrogens (tertiary/aromatic N) is 1. The lowest BCUT2D eigenvalue weighted by Crippen LogP contribution is -2.50. The number of amides is 1. The van der Waals surface area contributed by atoms with E-state index in [9.17, 15) is 4.79 Å². The van der Waals surface area contributed by atoms with E-state index in [0.29, 0.717) is 11.8 Å². The zero-order valence-electron chi connectivity index (χ0n) is 17.9. The van der Waals surface area contributed by atoms with E-state index < -0.39 is 0 Å². The number of fused-ring (bicyclic) bond motifs is 2. The SMILES string of the molecule is COc1cc2c(cc1CN1C[C@H]3C[C@@H](NC(C)=O)[C@H](OCC4CC4)C[C@H]3C1)OCO2. The maximum absolute atomic E-state index is 11.8. The second kappa shape index (κ2) is 8.27. The Morgan fingerprint density at radius 1 is 1.17 bits per heavy atom. The highest BCUT2D eigenvalue weighted by atomic mass is 16.7. The summed E-state index contributed by atoms with van der Waals surface area (Å²) in [5.74, 6) is 4.36. The van der Waals surface area contributed by atoms with Gasteiger partial charge in [-0.25, -0.2) is 0 Å². The van der Waals surface area contributed by atoms with Crippen molar-refractivity contribution in [3.05, 3.63) is 17.7 Å². The van der Waals surface area contributed by atoms with Gasteiger partial charge in [-0.1, -0.05) is 0 Å². The molecular weight excluding hydrogens is 384 g/mol. The Morgan fingerprint density at radius 3 is 2.60 bits per heavy atom. The number of benzene rings is 1. The first kappa shape index (κ1) is 19.9. The van der Waals surface area contributed by atoms with E-state index in [0.717, 1.165) is 67.8 Å². The third-order valence-corrected chi connectivity index (χ3v) is 6.99. The molecule has 7 nitrogen and oxygen atoms in total. The first-order valence-electron chi connectivity index (χ1n) is 11.2. The minimum atomic E-state index is 0.0402. The Hall–Kier alpha value is -1.99. The molecule has 4 atom stereocenters. The number of carbonyl (C=O) groups excluding carboxylic acids is 1. The number of hydrogen-bond donors (Lipinski definition) is 1. The first-order chi connectivity index (χ1) is 14.6. The topological polar surface area (TPSA) is 69.3 Å². The third kappa shape index (κ3) is 4.23. The van der Waals surface area contributed by atoms with Crippen LogP contribution in [0.3, 0.4) is 0 Å². The molecule has 0 aromatic heterocycles. The standard InChI is InChI=1S/C23H32N2O5/c1-14(26)24-19-5-16-9-25(10-17(16)6-21(19)28-12-15-3-4-15)11-18-7-22-23(30-13-29-22)8-20(18)27-2/h7-8,15-17,19,21H,3-6,9-13H2,1-2H3,(H,24,26)/t16-,17+,19-,21-/m1/s1. The fourth-order valence-corrected chi connectivity index (χ4v) is 5.30. The molecule has 1 saturated heterocycles. The molecule has 7 heteroatoms. The zero-order valence-corrected chi connectivity index (χ0v) is 17.9. The molecule has 2 saturated carbocycles. The maximum atomic E-state index is 11.8. The summed E-state index contributed by atoms with van der Waals surface area (Å²) in [5.41, 5.74) is 1.13. The van der Waals surface area contributed by atoms with Crippen LogP contribution in [0.4, 0.5) is 0 Å². The number of likely N-dealkylation sites (tertiary alicyclic amines) is 1. The highest BCUT2D eigenvalue weighted by molar-refractivity contribution is 5.73. The molecule has 5 rings (SSSR count). The van der Waals surface area contributed by atoms with Crippen molar-refractivity contribution in [3.63, 3.8) is 0 Å². The molecular formula is C23H32N2O5. The molecule has 1 aromatic carbocycles.